The Labute approximate surface area is 76.1 Å². The van der Waals surface area contributed by atoms with Crippen molar-refractivity contribution in [2.75, 3.05) is 6.54 Å². The highest BCUT2D eigenvalue weighted by atomic mass is 35.5. The average molecular weight is 187 g/mol. The summed E-state index contributed by atoms with van der Waals surface area (Å²) in [6.45, 7) is 1.06. The molecule has 2 rings (SSSR count). The van der Waals surface area contributed by atoms with E-state index in [2.05, 4.69) is 10.3 Å². The van der Waals surface area contributed by atoms with Gasteiger partial charge in [0.05, 0.1) is 11.7 Å². The molecule has 1 aliphatic rings. The van der Waals surface area contributed by atoms with Crippen molar-refractivity contribution in [2.24, 2.45) is 0 Å². The van der Waals surface area contributed by atoms with E-state index in [0.29, 0.717) is 6.04 Å². The van der Waals surface area contributed by atoms with E-state index in [1.807, 2.05) is 0 Å². The number of piperidine rings is 1. The zero-order valence-corrected chi connectivity index (χ0v) is 7.47. The molecule has 1 aliphatic heterocycles. The van der Waals surface area contributed by atoms with Crippen molar-refractivity contribution in [3.8, 4) is 0 Å². The number of halogens is 1. The molecule has 0 aliphatic carbocycles. The molecule has 0 bridgehead atoms. The molecule has 2 heterocycles. The fourth-order valence-corrected chi connectivity index (χ4v) is 1.67. The van der Waals surface area contributed by atoms with Gasteiger partial charge >= 0.3 is 0 Å². The number of rotatable bonds is 1. The quantitative estimate of drug-likeness (QED) is 0.731. The number of hydrogen-bond acceptors (Lipinski definition) is 3. The minimum Gasteiger partial charge on any atom is -0.436 e. The first-order chi connectivity index (χ1) is 5.86. The molecule has 4 heteroatoms. The third-order valence-electron chi connectivity index (χ3n) is 2.16. The van der Waals surface area contributed by atoms with E-state index in [0.717, 1.165) is 18.7 Å². The summed E-state index contributed by atoms with van der Waals surface area (Å²) in [4.78, 5) is 4.07. The SMILES string of the molecule is Clc1nc(C2CCCCN2)co1. The maximum absolute atomic E-state index is 5.57. The smallest absolute Gasteiger partial charge is 0.292 e. The Morgan fingerprint density at radius 3 is 3.08 bits per heavy atom. The van der Waals surface area contributed by atoms with Gasteiger partial charge in [0.1, 0.15) is 6.26 Å². The van der Waals surface area contributed by atoms with Gasteiger partial charge in [-0.05, 0) is 31.0 Å². The predicted octanol–water partition coefficient (Wildman–Crippen LogP) is 2.14. The highest BCUT2D eigenvalue weighted by Gasteiger charge is 2.17. The standard InChI is InChI=1S/C8H11ClN2O/c9-8-11-7(5-12-8)6-3-1-2-4-10-6/h5-6,10H,1-4H2. The van der Waals surface area contributed by atoms with E-state index in [1.165, 1.54) is 12.8 Å². The third kappa shape index (κ3) is 1.62. The summed E-state index contributed by atoms with van der Waals surface area (Å²) in [7, 11) is 0. The van der Waals surface area contributed by atoms with Crippen LogP contribution in [0.5, 0.6) is 0 Å². The molecule has 1 saturated heterocycles. The molecule has 0 radical (unpaired) electrons. The molecule has 1 atom stereocenters. The van der Waals surface area contributed by atoms with Crippen LogP contribution in [-0.4, -0.2) is 11.5 Å². The summed E-state index contributed by atoms with van der Waals surface area (Å²) < 4.78 is 4.93. The topological polar surface area (TPSA) is 38.1 Å². The Morgan fingerprint density at radius 1 is 1.58 bits per heavy atom. The lowest BCUT2D eigenvalue weighted by Gasteiger charge is -2.20. The fourth-order valence-electron chi connectivity index (χ4n) is 1.53. The molecular formula is C8H11ClN2O. The van der Waals surface area contributed by atoms with Crippen LogP contribution in [0.4, 0.5) is 0 Å². The van der Waals surface area contributed by atoms with E-state index in [1.54, 1.807) is 6.26 Å². The molecule has 3 nitrogen and oxygen atoms in total. The van der Waals surface area contributed by atoms with Gasteiger partial charge in [0.2, 0.25) is 0 Å². The maximum Gasteiger partial charge on any atom is 0.292 e. The summed E-state index contributed by atoms with van der Waals surface area (Å²) in [5.41, 5.74) is 0.930. The molecule has 1 unspecified atom stereocenters. The van der Waals surface area contributed by atoms with Crippen LogP contribution >= 0.6 is 11.6 Å². The lowest BCUT2D eigenvalue weighted by atomic mass is 10.0. The van der Waals surface area contributed by atoms with Gasteiger partial charge < -0.3 is 9.73 Å². The van der Waals surface area contributed by atoms with E-state index < -0.39 is 0 Å². The van der Waals surface area contributed by atoms with Crippen molar-refractivity contribution in [3.63, 3.8) is 0 Å². The number of nitrogens with zero attached hydrogens (tertiary/aromatic N) is 1. The van der Waals surface area contributed by atoms with Crippen molar-refractivity contribution in [1.29, 1.82) is 0 Å². The summed E-state index contributed by atoms with van der Waals surface area (Å²) in [6, 6.07) is 0.343. The van der Waals surface area contributed by atoms with Crippen LogP contribution in [0.3, 0.4) is 0 Å². The van der Waals surface area contributed by atoms with Crippen LogP contribution < -0.4 is 5.32 Å². The molecule has 1 aromatic rings. The van der Waals surface area contributed by atoms with Crippen LogP contribution in [0.25, 0.3) is 0 Å². The van der Waals surface area contributed by atoms with Gasteiger partial charge in [-0.15, -0.1) is 0 Å². The van der Waals surface area contributed by atoms with E-state index >= 15 is 0 Å². The Kier molecular flexibility index (Phi) is 2.33. The highest BCUT2D eigenvalue weighted by molar-refractivity contribution is 6.27. The average Bonchev–Trinajstić information content (AvgIpc) is 2.54. The maximum atomic E-state index is 5.57. The second kappa shape index (κ2) is 3.46. The lowest BCUT2D eigenvalue weighted by Crippen LogP contribution is -2.26. The van der Waals surface area contributed by atoms with Crippen LogP contribution in [0, 0.1) is 0 Å². The molecule has 0 spiro atoms. The fraction of sp³-hybridized carbons (Fsp3) is 0.625. The van der Waals surface area contributed by atoms with E-state index in [-0.39, 0.29) is 5.35 Å². The zero-order valence-electron chi connectivity index (χ0n) is 6.72. The third-order valence-corrected chi connectivity index (χ3v) is 2.33. The second-order valence-corrected chi connectivity index (χ2v) is 3.35. The van der Waals surface area contributed by atoms with Crippen LogP contribution in [0.1, 0.15) is 31.0 Å². The van der Waals surface area contributed by atoms with Gasteiger partial charge in [-0.3, -0.25) is 0 Å². The normalized spacial score (nSPS) is 24.2. The van der Waals surface area contributed by atoms with Gasteiger partial charge in [0.25, 0.3) is 5.35 Å². The molecule has 1 fully saturated rings. The monoisotopic (exact) mass is 186 g/mol. The number of hydrogen-bond donors (Lipinski definition) is 1. The summed E-state index contributed by atoms with van der Waals surface area (Å²) in [5, 5.41) is 3.60. The van der Waals surface area contributed by atoms with Crippen LogP contribution in [0.2, 0.25) is 5.35 Å². The molecule has 1 N–H and O–H groups in total. The van der Waals surface area contributed by atoms with Gasteiger partial charge in [-0.25, -0.2) is 4.98 Å². The Morgan fingerprint density at radius 2 is 2.50 bits per heavy atom. The minimum atomic E-state index is 0.234. The van der Waals surface area contributed by atoms with Crippen molar-refractivity contribution >= 4 is 11.6 Å². The summed E-state index contributed by atoms with van der Waals surface area (Å²) in [6.07, 6.45) is 5.26. The molecular weight excluding hydrogens is 176 g/mol. The molecule has 0 saturated carbocycles. The van der Waals surface area contributed by atoms with Crippen molar-refractivity contribution in [3.05, 3.63) is 17.3 Å². The van der Waals surface area contributed by atoms with Gasteiger partial charge in [-0.1, -0.05) is 6.42 Å². The Bertz CT molecular complexity index is 255. The molecule has 1 aromatic heterocycles. The molecule has 66 valence electrons. The molecule has 0 aromatic carbocycles. The van der Waals surface area contributed by atoms with Crippen molar-refractivity contribution in [1.82, 2.24) is 10.3 Å². The first kappa shape index (κ1) is 8.08. The van der Waals surface area contributed by atoms with Crippen LogP contribution in [0.15, 0.2) is 10.7 Å². The first-order valence-electron chi connectivity index (χ1n) is 4.20. The molecule has 12 heavy (non-hydrogen) atoms. The number of nitrogens with one attached hydrogen (secondary N) is 1. The van der Waals surface area contributed by atoms with Crippen molar-refractivity contribution in [2.45, 2.75) is 25.3 Å². The largest absolute Gasteiger partial charge is 0.436 e. The van der Waals surface area contributed by atoms with Gasteiger partial charge in [0.15, 0.2) is 0 Å². The van der Waals surface area contributed by atoms with Gasteiger partial charge in [0, 0.05) is 0 Å². The van der Waals surface area contributed by atoms with E-state index in [9.17, 15) is 0 Å². The molecule has 0 amide bonds. The first-order valence-corrected chi connectivity index (χ1v) is 4.58. The Hall–Kier alpha value is -0.540. The van der Waals surface area contributed by atoms with Crippen LogP contribution in [-0.2, 0) is 0 Å². The summed E-state index contributed by atoms with van der Waals surface area (Å²) >= 11 is 5.57. The van der Waals surface area contributed by atoms with Gasteiger partial charge in [-0.2, -0.15) is 0 Å². The number of oxazole rings is 1. The zero-order chi connectivity index (χ0) is 8.39. The predicted molar refractivity (Wildman–Crippen MR) is 46.1 cm³/mol. The number of aromatic nitrogens is 1. The highest BCUT2D eigenvalue weighted by Crippen LogP contribution is 2.23. The lowest BCUT2D eigenvalue weighted by molar-refractivity contribution is 0.404. The Balaban J connectivity index is 2.08. The van der Waals surface area contributed by atoms with Crippen molar-refractivity contribution < 1.29 is 4.42 Å². The minimum absolute atomic E-state index is 0.234. The summed E-state index contributed by atoms with van der Waals surface area (Å²) in [5.74, 6) is 0. The van der Waals surface area contributed by atoms with E-state index in [4.69, 9.17) is 16.0 Å². The second-order valence-electron chi connectivity index (χ2n) is 3.03.